The van der Waals surface area contributed by atoms with Crippen LogP contribution in [-0.4, -0.2) is 15.0 Å². The van der Waals surface area contributed by atoms with Crippen LogP contribution in [0.15, 0.2) is 59.1 Å². The normalized spacial score (nSPS) is 12.4. The standard InChI is InChI=1S/C14H14BrNSe/c15-12-8-6-11(7-9-12)14(16)10-17-13-4-2-1-3-5-13/h1-9,14H,10,16H2. The molecule has 3 heteroatoms. The maximum atomic E-state index is 6.19. The van der Waals surface area contributed by atoms with E-state index in [4.69, 9.17) is 5.73 Å². The number of halogens is 1. The fourth-order valence-electron chi connectivity index (χ4n) is 1.51. The monoisotopic (exact) mass is 355 g/mol. The predicted octanol–water partition coefficient (Wildman–Crippen LogP) is 2.90. The Balaban J connectivity index is 1.93. The predicted molar refractivity (Wildman–Crippen MR) is 77.7 cm³/mol. The second-order valence-electron chi connectivity index (χ2n) is 3.78. The van der Waals surface area contributed by atoms with Gasteiger partial charge in [0.25, 0.3) is 0 Å². The van der Waals surface area contributed by atoms with E-state index >= 15 is 0 Å². The molecule has 1 nitrogen and oxygen atoms in total. The van der Waals surface area contributed by atoms with Gasteiger partial charge >= 0.3 is 117 Å². The summed E-state index contributed by atoms with van der Waals surface area (Å²) in [6.07, 6.45) is 0. The van der Waals surface area contributed by atoms with Crippen LogP contribution < -0.4 is 10.2 Å². The Morgan fingerprint density at radius 1 is 1.00 bits per heavy atom. The minimum absolute atomic E-state index is 0.142. The molecule has 0 radical (unpaired) electrons. The summed E-state index contributed by atoms with van der Waals surface area (Å²) in [5, 5.41) is 1.04. The van der Waals surface area contributed by atoms with E-state index in [9.17, 15) is 0 Å². The summed E-state index contributed by atoms with van der Waals surface area (Å²) in [4.78, 5) is 0. The molecule has 0 spiro atoms. The van der Waals surface area contributed by atoms with Crippen molar-refractivity contribution in [2.45, 2.75) is 11.4 Å². The third-order valence-electron chi connectivity index (χ3n) is 2.47. The van der Waals surface area contributed by atoms with Gasteiger partial charge in [0.1, 0.15) is 0 Å². The van der Waals surface area contributed by atoms with Crippen LogP contribution in [0.2, 0.25) is 5.32 Å². The van der Waals surface area contributed by atoms with Crippen LogP contribution in [0.4, 0.5) is 0 Å². The van der Waals surface area contributed by atoms with E-state index in [0.717, 1.165) is 9.79 Å². The molecule has 0 aliphatic heterocycles. The van der Waals surface area contributed by atoms with Crippen molar-refractivity contribution in [1.29, 1.82) is 0 Å². The van der Waals surface area contributed by atoms with Crippen LogP contribution in [0.1, 0.15) is 11.6 Å². The topological polar surface area (TPSA) is 26.0 Å². The van der Waals surface area contributed by atoms with Gasteiger partial charge in [-0.05, 0) is 0 Å². The molecule has 2 aromatic rings. The zero-order valence-electron chi connectivity index (χ0n) is 9.34. The molecule has 0 amide bonds. The molecular weight excluding hydrogens is 341 g/mol. The van der Waals surface area contributed by atoms with Crippen LogP contribution >= 0.6 is 15.9 Å². The van der Waals surface area contributed by atoms with Gasteiger partial charge in [-0.25, -0.2) is 0 Å². The molecule has 1 unspecified atom stereocenters. The molecule has 1 atom stereocenters. The van der Waals surface area contributed by atoms with E-state index in [1.54, 1.807) is 0 Å². The van der Waals surface area contributed by atoms with Crippen molar-refractivity contribution < 1.29 is 0 Å². The summed E-state index contributed by atoms with van der Waals surface area (Å²) in [6.45, 7) is 0. The van der Waals surface area contributed by atoms with Gasteiger partial charge in [-0.3, -0.25) is 0 Å². The van der Waals surface area contributed by atoms with Crippen molar-refractivity contribution in [1.82, 2.24) is 0 Å². The summed E-state index contributed by atoms with van der Waals surface area (Å²) < 4.78 is 2.51. The SMILES string of the molecule is NC(C[Se]c1ccccc1)c1ccc(Br)cc1. The molecule has 0 aromatic heterocycles. The zero-order chi connectivity index (χ0) is 12.1. The average molecular weight is 355 g/mol. The molecule has 2 rings (SSSR count). The van der Waals surface area contributed by atoms with Crippen molar-refractivity contribution >= 4 is 35.3 Å². The Kier molecular flexibility index (Phi) is 4.81. The van der Waals surface area contributed by atoms with Gasteiger partial charge in [0.15, 0.2) is 0 Å². The van der Waals surface area contributed by atoms with Crippen LogP contribution in [0.5, 0.6) is 0 Å². The minimum atomic E-state index is 0.142. The van der Waals surface area contributed by atoms with Crippen LogP contribution in [0.3, 0.4) is 0 Å². The van der Waals surface area contributed by atoms with E-state index in [1.165, 1.54) is 10.0 Å². The van der Waals surface area contributed by atoms with Gasteiger partial charge in [-0.1, -0.05) is 0 Å². The van der Waals surface area contributed by atoms with Crippen molar-refractivity contribution in [3.63, 3.8) is 0 Å². The van der Waals surface area contributed by atoms with Gasteiger partial charge < -0.3 is 0 Å². The summed E-state index contributed by atoms with van der Waals surface area (Å²) in [5.74, 6) is 0. The van der Waals surface area contributed by atoms with Crippen molar-refractivity contribution in [2.75, 3.05) is 0 Å². The fourth-order valence-corrected chi connectivity index (χ4v) is 3.69. The number of hydrogen-bond donors (Lipinski definition) is 1. The zero-order valence-corrected chi connectivity index (χ0v) is 12.6. The third-order valence-corrected chi connectivity index (χ3v) is 5.37. The van der Waals surface area contributed by atoms with E-state index < -0.39 is 0 Å². The molecule has 0 bridgehead atoms. The second kappa shape index (κ2) is 6.36. The average Bonchev–Trinajstić information content (AvgIpc) is 2.38. The van der Waals surface area contributed by atoms with Crippen LogP contribution in [-0.2, 0) is 0 Å². The summed E-state index contributed by atoms with van der Waals surface area (Å²) in [7, 11) is 0. The Bertz CT molecular complexity index is 455. The van der Waals surface area contributed by atoms with Gasteiger partial charge in [-0.15, -0.1) is 0 Å². The second-order valence-corrected chi connectivity index (χ2v) is 6.99. The van der Waals surface area contributed by atoms with E-state index in [-0.39, 0.29) is 6.04 Å². The third kappa shape index (κ3) is 3.97. The molecular formula is C14H14BrNSe. The molecule has 0 aliphatic carbocycles. The molecule has 0 heterocycles. The van der Waals surface area contributed by atoms with Gasteiger partial charge in [0.2, 0.25) is 0 Å². The summed E-state index contributed by atoms with van der Waals surface area (Å²) >= 11 is 3.89. The summed E-state index contributed by atoms with van der Waals surface area (Å²) in [6, 6.07) is 19.0. The van der Waals surface area contributed by atoms with Gasteiger partial charge in [0, 0.05) is 0 Å². The fraction of sp³-hybridized carbons (Fsp3) is 0.143. The molecule has 17 heavy (non-hydrogen) atoms. The van der Waals surface area contributed by atoms with Gasteiger partial charge in [-0.2, -0.15) is 0 Å². The first-order valence-electron chi connectivity index (χ1n) is 5.44. The van der Waals surface area contributed by atoms with Crippen molar-refractivity contribution in [3.05, 3.63) is 64.6 Å². The first-order valence-corrected chi connectivity index (χ1v) is 8.30. The number of hydrogen-bond acceptors (Lipinski definition) is 1. The number of nitrogens with two attached hydrogens (primary N) is 1. The number of rotatable bonds is 4. The Morgan fingerprint density at radius 2 is 1.65 bits per heavy atom. The first-order chi connectivity index (χ1) is 8.25. The van der Waals surface area contributed by atoms with E-state index in [0.29, 0.717) is 15.0 Å². The molecule has 0 fully saturated rings. The molecule has 0 saturated heterocycles. The van der Waals surface area contributed by atoms with E-state index in [2.05, 4.69) is 52.3 Å². The molecule has 0 aliphatic rings. The Hall–Kier alpha value is -0.601. The number of benzene rings is 2. The first kappa shape index (κ1) is 12.8. The molecule has 2 N–H and O–H groups in total. The quantitative estimate of drug-likeness (QED) is 0.839. The van der Waals surface area contributed by atoms with Crippen molar-refractivity contribution in [3.8, 4) is 0 Å². The molecule has 0 saturated carbocycles. The maximum absolute atomic E-state index is 6.19. The van der Waals surface area contributed by atoms with Gasteiger partial charge in [0.05, 0.1) is 0 Å². The molecule has 88 valence electrons. The summed E-state index contributed by atoms with van der Waals surface area (Å²) in [5.41, 5.74) is 7.41. The van der Waals surface area contributed by atoms with Crippen molar-refractivity contribution in [2.24, 2.45) is 5.73 Å². The van der Waals surface area contributed by atoms with Crippen LogP contribution in [0.25, 0.3) is 0 Å². The van der Waals surface area contributed by atoms with E-state index in [1.807, 2.05) is 18.2 Å². The van der Waals surface area contributed by atoms with Crippen LogP contribution in [0, 0.1) is 0 Å². The Morgan fingerprint density at radius 3 is 2.29 bits per heavy atom. The Labute approximate surface area is 117 Å². The molecule has 2 aromatic carbocycles.